The van der Waals surface area contributed by atoms with Gasteiger partial charge in [-0.1, -0.05) is 12.1 Å². The third-order valence-electron chi connectivity index (χ3n) is 4.18. The van der Waals surface area contributed by atoms with Crippen LogP contribution in [0.2, 0.25) is 0 Å². The Kier molecular flexibility index (Phi) is 4.29. The van der Waals surface area contributed by atoms with E-state index in [1.165, 1.54) is 12.8 Å². The average Bonchev–Trinajstić information content (AvgIpc) is 3.37. The molecule has 1 aliphatic heterocycles. The van der Waals surface area contributed by atoms with Crippen molar-refractivity contribution in [1.82, 2.24) is 10.2 Å². The summed E-state index contributed by atoms with van der Waals surface area (Å²) in [5.74, 6) is 1.12. The highest BCUT2D eigenvalue weighted by Gasteiger charge is 2.25. The molecule has 0 aromatic heterocycles. The van der Waals surface area contributed by atoms with Gasteiger partial charge in [0.05, 0.1) is 19.3 Å². The first kappa shape index (κ1) is 14.2. The lowest BCUT2D eigenvalue weighted by molar-refractivity contribution is -0.130. The van der Waals surface area contributed by atoms with Crippen LogP contribution in [0.3, 0.4) is 0 Å². The molecule has 0 bridgehead atoms. The van der Waals surface area contributed by atoms with Crippen molar-refractivity contribution >= 4 is 11.6 Å². The van der Waals surface area contributed by atoms with Gasteiger partial charge in [-0.2, -0.15) is 0 Å². The zero-order valence-corrected chi connectivity index (χ0v) is 12.5. The molecule has 0 atom stereocenters. The molecule has 21 heavy (non-hydrogen) atoms. The molecule has 1 N–H and O–H groups in total. The van der Waals surface area contributed by atoms with Gasteiger partial charge in [0.25, 0.3) is 0 Å². The number of methoxy groups -OCH3 is 1. The third kappa shape index (κ3) is 3.47. The van der Waals surface area contributed by atoms with Crippen LogP contribution in [0.25, 0.3) is 0 Å². The summed E-state index contributed by atoms with van der Waals surface area (Å²) < 4.78 is 5.41. The SMILES string of the molecule is COc1ccccc1N1CCN(C(=O)CNC2CC2)CC1. The molecule has 0 unspecified atom stereocenters. The van der Waals surface area contributed by atoms with Gasteiger partial charge < -0.3 is 19.9 Å². The number of carbonyl (C=O) groups is 1. The number of carbonyl (C=O) groups excluding carboxylic acids is 1. The second kappa shape index (κ2) is 6.35. The summed E-state index contributed by atoms with van der Waals surface area (Å²) in [5, 5.41) is 3.29. The molecule has 2 fully saturated rings. The normalized spacial score (nSPS) is 18.7. The fraction of sp³-hybridized carbons (Fsp3) is 0.562. The second-order valence-corrected chi connectivity index (χ2v) is 5.69. The second-order valence-electron chi connectivity index (χ2n) is 5.69. The van der Waals surface area contributed by atoms with Crippen LogP contribution in [0.15, 0.2) is 24.3 Å². The van der Waals surface area contributed by atoms with E-state index < -0.39 is 0 Å². The standard InChI is InChI=1S/C16H23N3O2/c1-21-15-5-3-2-4-14(15)18-8-10-19(11-9-18)16(20)12-17-13-6-7-13/h2-5,13,17H,6-12H2,1H3. The summed E-state index contributed by atoms with van der Waals surface area (Å²) in [4.78, 5) is 16.4. The van der Waals surface area contributed by atoms with Gasteiger partial charge in [0.1, 0.15) is 5.75 Å². The van der Waals surface area contributed by atoms with E-state index in [1.807, 2.05) is 23.1 Å². The Morgan fingerprint density at radius 1 is 1.24 bits per heavy atom. The number of ether oxygens (including phenoxy) is 1. The molecule has 1 aromatic rings. The van der Waals surface area contributed by atoms with Crippen LogP contribution in [-0.2, 0) is 4.79 Å². The predicted molar refractivity (Wildman–Crippen MR) is 82.8 cm³/mol. The van der Waals surface area contributed by atoms with E-state index in [2.05, 4.69) is 16.3 Å². The van der Waals surface area contributed by atoms with Crippen molar-refractivity contribution in [2.45, 2.75) is 18.9 Å². The van der Waals surface area contributed by atoms with Gasteiger partial charge in [0, 0.05) is 32.2 Å². The van der Waals surface area contributed by atoms with E-state index in [9.17, 15) is 4.79 Å². The van der Waals surface area contributed by atoms with Gasteiger partial charge in [-0.15, -0.1) is 0 Å². The minimum absolute atomic E-state index is 0.224. The highest BCUT2D eigenvalue weighted by atomic mass is 16.5. The first-order valence-corrected chi connectivity index (χ1v) is 7.67. The van der Waals surface area contributed by atoms with E-state index >= 15 is 0 Å². The Morgan fingerprint density at radius 2 is 1.95 bits per heavy atom. The molecule has 114 valence electrons. The zero-order valence-electron chi connectivity index (χ0n) is 12.5. The van der Waals surface area contributed by atoms with Crippen LogP contribution in [0.4, 0.5) is 5.69 Å². The molecule has 5 heteroatoms. The number of amides is 1. The average molecular weight is 289 g/mol. The fourth-order valence-corrected chi connectivity index (χ4v) is 2.72. The van der Waals surface area contributed by atoms with Crippen LogP contribution in [0.5, 0.6) is 5.75 Å². The van der Waals surface area contributed by atoms with E-state index in [-0.39, 0.29) is 5.91 Å². The number of nitrogens with one attached hydrogen (secondary N) is 1. The molecule has 1 saturated carbocycles. The van der Waals surface area contributed by atoms with Gasteiger partial charge >= 0.3 is 0 Å². The van der Waals surface area contributed by atoms with E-state index in [0.717, 1.165) is 37.6 Å². The van der Waals surface area contributed by atoms with Crippen molar-refractivity contribution in [2.75, 3.05) is 44.7 Å². The Bertz CT molecular complexity index is 494. The molecular formula is C16H23N3O2. The maximum atomic E-state index is 12.1. The van der Waals surface area contributed by atoms with Crippen molar-refractivity contribution in [3.8, 4) is 5.75 Å². The summed E-state index contributed by atoms with van der Waals surface area (Å²) in [6.45, 7) is 3.76. The Hall–Kier alpha value is -1.75. The number of nitrogens with zero attached hydrogens (tertiary/aromatic N) is 2. The van der Waals surface area contributed by atoms with Crippen LogP contribution >= 0.6 is 0 Å². The molecule has 2 aliphatic rings. The molecule has 1 aromatic carbocycles. The summed E-state index contributed by atoms with van der Waals surface area (Å²) >= 11 is 0. The van der Waals surface area contributed by atoms with Crippen molar-refractivity contribution in [3.05, 3.63) is 24.3 Å². The lowest BCUT2D eigenvalue weighted by Gasteiger charge is -2.36. The molecular weight excluding hydrogens is 266 g/mol. The van der Waals surface area contributed by atoms with Gasteiger partial charge in [-0.05, 0) is 25.0 Å². The maximum absolute atomic E-state index is 12.1. The number of anilines is 1. The number of benzene rings is 1. The monoisotopic (exact) mass is 289 g/mol. The topological polar surface area (TPSA) is 44.8 Å². The van der Waals surface area contributed by atoms with Crippen LogP contribution in [-0.4, -0.2) is 56.7 Å². The zero-order chi connectivity index (χ0) is 14.7. The lowest BCUT2D eigenvalue weighted by atomic mass is 10.2. The molecule has 1 amide bonds. The van der Waals surface area contributed by atoms with Gasteiger partial charge in [-0.3, -0.25) is 4.79 Å². The van der Waals surface area contributed by atoms with Crippen molar-refractivity contribution < 1.29 is 9.53 Å². The first-order chi connectivity index (χ1) is 10.3. The van der Waals surface area contributed by atoms with Crippen LogP contribution < -0.4 is 15.0 Å². The Labute approximate surface area is 125 Å². The summed E-state index contributed by atoms with van der Waals surface area (Å²) in [6.07, 6.45) is 2.43. The largest absolute Gasteiger partial charge is 0.495 e. The Balaban J connectivity index is 1.53. The van der Waals surface area contributed by atoms with Crippen LogP contribution in [0.1, 0.15) is 12.8 Å². The molecule has 5 nitrogen and oxygen atoms in total. The summed E-state index contributed by atoms with van der Waals surface area (Å²) in [5.41, 5.74) is 1.11. The maximum Gasteiger partial charge on any atom is 0.236 e. The van der Waals surface area contributed by atoms with Crippen molar-refractivity contribution in [3.63, 3.8) is 0 Å². The molecule has 0 radical (unpaired) electrons. The quantitative estimate of drug-likeness (QED) is 0.881. The number of piperazine rings is 1. The van der Waals surface area contributed by atoms with E-state index in [4.69, 9.17) is 4.74 Å². The van der Waals surface area contributed by atoms with E-state index in [0.29, 0.717) is 12.6 Å². The fourth-order valence-electron chi connectivity index (χ4n) is 2.72. The van der Waals surface area contributed by atoms with Gasteiger partial charge in [0.2, 0.25) is 5.91 Å². The van der Waals surface area contributed by atoms with Crippen LogP contribution in [0, 0.1) is 0 Å². The van der Waals surface area contributed by atoms with Gasteiger partial charge in [-0.25, -0.2) is 0 Å². The highest BCUT2D eigenvalue weighted by molar-refractivity contribution is 5.78. The molecule has 1 heterocycles. The van der Waals surface area contributed by atoms with Gasteiger partial charge in [0.15, 0.2) is 0 Å². The summed E-state index contributed by atoms with van der Waals surface area (Å²) in [7, 11) is 1.70. The first-order valence-electron chi connectivity index (χ1n) is 7.67. The Morgan fingerprint density at radius 3 is 2.62 bits per heavy atom. The minimum Gasteiger partial charge on any atom is -0.495 e. The molecule has 1 aliphatic carbocycles. The smallest absolute Gasteiger partial charge is 0.236 e. The number of para-hydroxylation sites is 2. The summed E-state index contributed by atoms with van der Waals surface area (Å²) in [6, 6.07) is 8.64. The van der Waals surface area contributed by atoms with Crippen molar-refractivity contribution in [2.24, 2.45) is 0 Å². The lowest BCUT2D eigenvalue weighted by Crippen LogP contribution is -2.51. The highest BCUT2D eigenvalue weighted by Crippen LogP contribution is 2.28. The molecule has 3 rings (SSSR count). The van der Waals surface area contributed by atoms with Crippen molar-refractivity contribution in [1.29, 1.82) is 0 Å². The molecule has 0 spiro atoms. The number of rotatable bonds is 5. The van der Waals surface area contributed by atoms with E-state index in [1.54, 1.807) is 7.11 Å². The molecule has 1 saturated heterocycles. The number of hydrogen-bond acceptors (Lipinski definition) is 4. The minimum atomic E-state index is 0.224. The third-order valence-corrected chi connectivity index (χ3v) is 4.18. The number of hydrogen-bond donors (Lipinski definition) is 1. The predicted octanol–water partition coefficient (Wildman–Crippen LogP) is 1.10.